The van der Waals surface area contributed by atoms with Gasteiger partial charge in [0.15, 0.2) is 22.5 Å². The molecule has 0 aliphatic carbocycles. The molecule has 0 unspecified atom stereocenters. The van der Waals surface area contributed by atoms with Crippen molar-refractivity contribution in [2.75, 3.05) is 27.1 Å². The Morgan fingerprint density at radius 1 is 0.880 bits per heavy atom. The maximum absolute atomic E-state index is 14.2. The second-order valence-corrected chi connectivity index (χ2v) is 11.9. The Bertz CT molecular complexity index is 2040. The van der Waals surface area contributed by atoms with Crippen LogP contribution in [0.3, 0.4) is 0 Å². The van der Waals surface area contributed by atoms with Crippen LogP contribution in [0.4, 0.5) is 8.78 Å². The zero-order valence-corrected chi connectivity index (χ0v) is 28.1. The van der Waals surface area contributed by atoms with Gasteiger partial charge in [-0.2, -0.15) is 5.10 Å². The summed E-state index contributed by atoms with van der Waals surface area (Å²) in [6, 6.07) is 23.7. The van der Waals surface area contributed by atoms with Gasteiger partial charge in [-0.3, -0.25) is 14.2 Å². The molecular weight excluding hydrogens is 666 g/mol. The number of carbonyl (C=O) groups is 2. The molecule has 1 atom stereocenters. The molecule has 0 radical (unpaired) electrons. The van der Waals surface area contributed by atoms with Crippen LogP contribution in [-0.4, -0.2) is 64.4 Å². The highest BCUT2D eigenvalue weighted by atomic mass is 32.2. The monoisotopic (exact) mass is 698 g/mol. The van der Waals surface area contributed by atoms with E-state index >= 15 is 0 Å². The number of ether oxygens (including phenoxy) is 3. The van der Waals surface area contributed by atoms with Crippen molar-refractivity contribution in [2.45, 2.75) is 24.2 Å². The van der Waals surface area contributed by atoms with Crippen molar-refractivity contribution < 1.29 is 32.6 Å². The quantitative estimate of drug-likeness (QED) is 0.158. The van der Waals surface area contributed by atoms with Gasteiger partial charge in [-0.1, -0.05) is 36.0 Å². The third-order valence-corrected chi connectivity index (χ3v) is 8.93. The van der Waals surface area contributed by atoms with E-state index in [0.717, 1.165) is 22.9 Å². The standard InChI is InChI=1S/C36H32F2N6O5S/c1-47-25-17-11-22(12-18-25)29-19-30(27-8-6-10-31(48-2)34(27)49-3)44(42-29)33(45)21-50-36-41-40-32(43(36)24-15-13-23(37)14-16-24)20-39-35(46)26-7-4-5-9-28(26)38/h4-18,30H,19-21H2,1-3H3,(H,39,46)/t30-/m0/s1. The Balaban J connectivity index is 1.28. The predicted molar refractivity (Wildman–Crippen MR) is 183 cm³/mol. The lowest BCUT2D eigenvalue weighted by Crippen LogP contribution is -2.29. The topological polar surface area (TPSA) is 120 Å². The van der Waals surface area contributed by atoms with Crippen LogP contribution in [0.5, 0.6) is 17.2 Å². The van der Waals surface area contributed by atoms with Gasteiger partial charge in [0.25, 0.3) is 11.8 Å². The van der Waals surface area contributed by atoms with Gasteiger partial charge in [0.2, 0.25) is 0 Å². The van der Waals surface area contributed by atoms with Crippen LogP contribution in [0.2, 0.25) is 0 Å². The van der Waals surface area contributed by atoms with Crippen LogP contribution in [0, 0.1) is 11.6 Å². The van der Waals surface area contributed by atoms with E-state index in [0.29, 0.717) is 40.2 Å². The number of halogens is 2. The minimum atomic E-state index is -0.663. The molecule has 4 aromatic carbocycles. The van der Waals surface area contributed by atoms with Gasteiger partial charge in [-0.05, 0) is 72.3 Å². The van der Waals surface area contributed by atoms with Crippen LogP contribution in [0.15, 0.2) is 101 Å². The molecular formula is C36H32F2N6O5S. The van der Waals surface area contributed by atoms with Crippen LogP contribution < -0.4 is 19.5 Å². The summed E-state index contributed by atoms with van der Waals surface area (Å²) in [5.41, 5.74) is 2.63. The lowest BCUT2D eigenvalue weighted by atomic mass is 9.97. The number of aromatic nitrogens is 3. The average Bonchev–Trinajstić information content (AvgIpc) is 3.78. The number of nitrogens with zero attached hydrogens (tertiary/aromatic N) is 5. The molecule has 1 aliphatic heterocycles. The number of benzene rings is 4. The fourth-order valence-corrected chi connectivity index (χ4v) is 6.39. The number of carbonyl (C=O) groups excluding carboxylic acids is 2. The van der Waals surface area contributed by atoms with E-state index in [1.165, 1.54) is 47.5 Å². The number of thioether (sulfide) groups is 1. The Labute approximate surface area is 290 Å². The van der Waals surface area contributed by atoms with Gasteiger partial charge in [0.05, 0.1) is 50.9 Å². The molecule has 2 heterocycles. The molecule has 14 heteroatoms. The summed E-state index contributed by atoms with van der Waals surface area (Å²) in [5.74, 6) is -0.167. The third kappa shape index (κ3) is 7.15. The second kappa shape index (κ2) is 15.2. The normalized spacial score (nSPS) is 13.9. The summed E-state index contributed by atoms with van der Waals surface area (Å²) in [5, 5.41) is 17.7. The first kappa shape index (κ1) is 34.1. The third-order valence-electron chi connectivity index (χ3n) is 8.02. The lowest BCUT2D eigenvalue weighted by Gasteiger charge is -2.24. The number of methoxy groups -OCH3 is 3. The first-order valence-corrected chi connectivity index (χ1v) is 16.4. The Morgan fingerprint density at radius 2 is 1.64 bits per heavy atom. The van der Waals surface area contributed by atoms with E-state index in [-0.39, 0.29) is 29.6 Å². The van der Waals surface area contributed by atoms with Crippen molar-refractivity contribution >= 4 is 29.3 Å². The maximum Gasteiger partial charge on any atom is 0.254 e. The summed E-state index contributed by atoms with van der Waals surface area (Å²) in [6.07, 6.45) is 0.407. The fourth-order valence-electron chi connectivity index (χ4n) is 5.56. The number of hydrogen-bond acceptors (Lipinski definition) is 9. The van der Waals surface area contributed by atoms with Crippen molar-refractivity contribution in [1.29, 1.82) is 0 Å². The van der Waals surface area contributed by atoms with Crippen molar-refractivity contribution in [3.63, 3.8) is 0 Å². The van der Waals surface area contributed by atoms with Gasteiger partial charge in [0.1, 0.15) is 17.4 Å². The van der Waals surface area contributed by atoms with Crippen LogP contribution >= 0.6 is 11.8 Å². The fraction of sp³-hybridized carbons (Fsp3) is 0.194. The van der Waals surface area contributed by atoms with Crippen molar-refractivity contribution in [3.05, 3.63) is 125 Å². The number of rotatable bonds is 12. The summed E-state index contributed by atoms with van der Waals surface area (Å²) < 4.78 is 46.3. The zero-order valence-electron chi connectivity index (χ0n) is 27.3. The second-order valence-electron chi connectivity index (χ2n) is 11.0. The molecule has 1 aliphatic rings. The average molecular weight is 699 g/mol. The molecule has 1 aromatic heterocycles. The number of nitrogens with one attached hydrogen (secondary N) is 1. The summed E-state index contributed by atoms with van der Waals surface area (Å²) in [4.78, 5) is 26.8. The van der Waals surface area contributed by atoms with Crippen LogP contribution in [0.1, 0.15) is 39.8 Å². The summed E-state index contributed by atoms with van der Waals surface area (Å²) in [7, 11) is 4.68. The first-order valence-electron chi connectivity index (χ1n) is 15.4. The van der Waals surface area contributed by atoms with Crippen molar-refractivity contribution in [2.24, 2.45) is 5.10 Å². The highest BCUT2D eigenvalue weighted by Gasteiger charge is 2.36. The minimum absolute atomic E-state index is 0.0942. The van der Waals surface area contributed by atoms with Crippen LogP contribution in [0.25, 0.3) is 5.69 Å². The predicted octanol–water partition coefficient (Wildman–Crippen LogP) is 5.97. The van der Waals surface area contributed by atoms with Gasteiger partial charge in [-0.15, -0.1) is 10.2 Å². The Morgan fingerprint density at radius 3 is 2.34 bits per heavy atom. The molecule has 50 heavy (non-hydrogen) atoms. The number of hydrazone groups is 1. The SMILES string of the molecule is COc1ccc(C2=NN(C(=O)CSc3nnc(CNC(=O)c4ccccc4F)n3-c3ccc(F)cc3)[C@H](c3cccc(OC)c3OC)C2)cc1. The number of para-hydroxylation sites is 1. The van der Waals surface area contributed by atoms with Gasteiger partial charge in [0, 0.05) is 17.7 Å². The molecule has 6 rings (SSSR count). The molecule has 0 saturated heterocycles. The van der Waals surface area contributed by atoms with E-state index in [9.17, 15) is 18.4 Å². The van der Waals surface area contributed by atoms with E-state index < -0.39 is 23.6 Å². The molecule has 11 nitrogen and oxygen atoms in total. The maximum atomic E-state index is 14.2. The van der Waals surface area contributed by atoms with E-state index in [2.05, 4.69) is 15.5 Å². The molecule has 1 N–H and O–H groups in total. The Kier molecular flexibility index (Phi) is 10.4. The van der Waals surface area contributed by atoms with Gasteiger partial charge < -0.3 is 19.5 Å². The lowest BCUT2D eigenvalue weighted by molar-refractivity contribution is -0.130. The highest BCUT2D eigenvalue weighted by Crippen LogP contribution is 2.42. The Hall–Kier alpha value is -5.76. The van der Waals surface area contributed by atoms with Crippen molar-refractivity contribution in [1.82, 2.24) is 25.1 Å². The van der Waals surface area contributed by atoms with Crippen molar-refractivity contribution in [3.8, 4) is 22.9 Å². The van der Waals surface area contributed by atoms with E-state index in [4.69, 9.17) is 19.3 Å². The number of amides is 2. The highest BCUT2D eigenvalue weighted by molar-refractivity contribution is 7.99. The smallest absolute Gasteiger partial charge is 0.254 e. The molecule has 2 amide bonds. The molecule has 0 fully saturated rings. The largest absolute Gasteiger partial charge is 0.497 e. The number of hydrogen-bond donors (Lipinski definition) is 1. The summed E-state index contributed by atoms with van der Waals surface area (Å²) >= 11 is 1.10. The van der Waals surface area contributed by atoms with E-state index in [1.54, 1.807) is 38.0 Å². The van der Waals surface area contributed by atoms with E-state index in [1.807, 2.05) is 36.4 Å². The minimum Gasteiger partial charge on any atom is -0.497 e. The molecule has 256 valence electrons. The zero-order chi connectivity index (χ0) is 35.2. The first-order chi connectivity index (χ1) is 24.3. The molecule has 0 saturated carbocycles. The molecule has 0 bridgehead atoms. The van der Waals surface area contributed by atoms with Crippen LogP contribution in [-0.2, 0) is 11.3 Å². The van der Waals surface area contributed by atoms with Gasteiger partial charge in [-0.25, -0.2) is 13.8 Å². The summed E-state index contributed by atoms with van der Waals surface area (Å²) in [6.45, 7) is -0.120. The molecule has 5 aromatic rings. The molecule has 0 spiro atoms. The van der Waals surface area contributed by atoms with Gasteiger partial charge >= 0.3 is 0 Å².